The minimum Gasteiger partial charge on any atom is -0.465 e. The molecule has 5 aromatic rings. The van der Waals surface area contributed by atoms with Crippen molar-refractivity contribution in [1.82, 2.24) is 9.13 Å². The van der Waals surface area contributed by atoms with Crippen LogP contribution in [0.1, 0.15) is 57.0 Å². The van der Waals surface area contributed by atoms with E-state index in [0.717, 1.165) is 44.2 Å². The Balaban J connectivity index is 1.58. The Bertz CT molecular complexity index is 2260. The molecule has 0 unspecified atom stereocenters. The van der Waals surface area contributed by atoms with Gasteiger partial charge in [-0.2, -0.15) is 0 Å². The van der Waals surface area contributed by atoms with Crippen molar-refractivity contribution < 1.29 is 19.1 Å². The highest BCUT2D eigenvalue weighted by Crippen LogP contribution is 2.36. The summed E-state index contributed by atoms with van der Waals surface area (Å²) >= 11 is 2.91. The van der Waals surface area contributed by atoms with Gasteiger partial charge < -0.3 is 14.0 Å². The van der Waals surface area contributed by atoms with E-state index in [4.69, 9.17) is 14.5 Å². The predicted molar refractivity (Wildman–Crippen MR) is 191 cm³/mol. The second kappa shape index (κ2) is 13.7. The number of rotatable bonds is 8. The van der Waals surface area contributed by atoms with Crippen LogP contribution in [0.4, 0.5) is 0 Å². The first-order valence-electron chi connectivity index (χ1n) is 15.5. The molecule has 10 heteroatoms. The Labute approximate surface area is 286 Å². The molecule has 0 spiro atoms. The molecule has 8 nitrogen and oxygen atoms in total. The van der Waals surface area contributed by atoms with Crippen molar-refractivity contribution in [2.75, 3.05) is 20.0 Å². The zero-order valence-electron chi connectivity index (χ0n) is 27.6. The number of thioether (sulfide) groups is 1. The standard InChI is InChI=1S/C38H35N3O5S2/c1-7-46-37(44)32-33(25-12-9-8-10-13-25)39-38-41(34(32)26-16-18-28(47-6)19-17-26)35(42)31(48-38)21-27-20-22(2)40(24(27)4)30-15-11-14-29(23(30)3)36(43)45-5/h8-21,34H,7H2,1-6H3/b31-21+/t34-/m1/s1. The lowest BCUT2D eigenvalue weighted by Gasteiger charge is -2.26. The number of fused-ring (bicyclic) bond motifs is 1. The molecule has 2 aromatic heterocycles. The van der Waals surface area contributed by atoms with Crippen LogP contribution in [0.5, 0.6) is 0 Å². The molecule has 1 aliphatic rings. The molecule has 0 N–H and O–H groups in total. The van der Waals surface area contributed by atoms with Crippen LogP contribution >= 0.6 is 23.1 Å². The molecule has 244 valence electrons. The normalized spacial score (nSPS) is 14.5. The summed E-state index contributed by atoms with van der Waals surface area (Å²) in [5.74, 6) is -0.908. The third-order valence-corrected chi connectivity index (χ3v) is 10.2. The second-order valence-corrected chi connectivity index (χ2v) is 13.2. The van der Waals surface area contributed by atoms with Crippen molar-refractivity contribution in [3.63, 3.8) is 0 Å². The van der Waals surface area contributed by atoms with Gasteiger partial charge in [0.25, 0.3) is 5.56 Å². The summed E-state index contributed by atoms with van der Waals surface area (Å²) in [7, 11) is 1.37. The molecule has 0 amide bonds. The molecule has 0 radical (unpaired) electrons. The predicted octanol–water partition coefficient (Wildman–Crippen LogP) is 6.16. The molecule has 3 aromatic carbocycles. The van der Waals surface area contributed by atoms with E-state index in [1.807, 2.05) is 106 Å². The zero-order valence-corrected chi connectivity index (χ0v) is 29.2. The number of ether oxygens (including phenoxy) is 2. The van der Waals surface area contributed by atoms with Crippen molar-refractivity contribution in [2.24, 2.45) is 4.99 Å². The van der Waals surface area contributed by atoms with Gasteiger partial charge in [0, 0.05) is 27.5 Å². The number of nitrogens with zero attached hydrogens (tertiary/aromatic N) is 3. The Kier molecular flexibility index (Phi) is 9.39. The molecule has 1 atom stereocenters. The highest BCUT2D eigenvalue weighted by atomic mass is 32.2. The third-order valence-electron chi connectivity index (χ3n) is 8.51. The summed E-state index contributed by atoms with van der Waals surface area (Å²) in [6.45, 7) is 7.83. The zero-order chi connectivity index (χ0) is 34.1. The van der Waals surface area contributed by atoms with Crippen molar-refractivity contribution in [2.45, 2.75) is 38.6 Å². The first-order chi connectivity index (χ1) is 23.2. The van der Waals surface area contributed by atoms with Gasteiger partial charge in [0.05, 0.1) is 41.1 Å². The van der Waals surface area contributed by atoms with E-state index in [9.17, 15) is 14.4 Å². The lowest BCUT2D eigenvalue weighted by molar-refractivity contribution is -0.138. The van der Waals surface area contributed by atoms with Crippen molar-refractivity contribution in [3.05, 3.63) is 143 Å². The molecule has 48 heavy (non-hydrogen) atoms. The fourth-order valence-electron chi connectivity index (χ4n) is 6.18. The smallest absolute Gasteiger partial charge is 0.338 e. The number of carbonyl (C=O) groups excluding carboxylic acids is 2. The SMILES string of the molecule is CCOC(=O)C1=C(c2ccccc2)N=c2s/c(=C/c3cc(C)n(-c4cccc(C(=O)OC)c4C)c3C)c(=O)n2[C@@H]1c1ccc(SC)cc1. The first kappa shape index (κ1) is 33.0. The van der Waals surface area contributed by atoms with Gasteiger partial charge in [-0.05, 0) is 87.0 Å². The van der Waals surface area contributed by atoms with Gasteiger partial charge in [-0.3, -0.25) is 9.36 Å². The average Bonchev–Trinajstić information content (AvgIpc) is 3.57. The number of methoxy groups -OCH3 is 1. The molecule has 0 fully saturated rings. The molecular weight excluding hydrogens is 643 g/mol. The van der Waals surface area contributed by atoms with Gasteiger partial charge >= 0.3 is 11.9 Å². The number of hydrogen-bond donors (Lipinski definition) is 0. The summed E-state index contributed by atoms with van der Waals surface area (Å²) < 4.78 is 14.8. The lowest BCUT2D eigenvalue weighted by atomic mass is 9.93. The molecule has 6 rings (SSSR count). The van der Waals surface area contributed by atoms with E-state index in [1.54, 1.807) is 29.3 Å². The topological polar surface area (TPSA) is 91.9 Å². The maximum absolute atomic E-state index is 14.4. The van der Waals surface area contributed by atoms with Gasteiger partial charge in [0.1, 0.15) is 0 Å². The van der Waals surface area contributed by atoms with Crippen molar-refractivity contribution >= 4 is 46.8 Å². The fourth-order valence-corrected chi connectivity index (χ4v) is 7.58. The van der Waals surface area contributed by atoms with E-state index in [1.165, 1.54) is 18.4 Å². The number of hydrogen-bond acceptors (Lipinski definition) is 8. The van der Waals surface area contributed by atoms with Crippen molar-refractivity contribution in [1.29, 1.82) is 0 Å². The van der Waals surface area contributed by atoms with Crippen LogP contribution in [-0.2, 0) is 14.3 Å². The van der Waals surface area contributed by atoms with Gasteiger partial charge in [-0.15, -0.1) is 11.8 Å². The number of thiazole rings is 1. The summed E-state index contributed by atoms with van der Waals surface area (Å²) in [4.78, 5) is 47.1. The minimum atomic E-state index is -0.746. The minimum absolute atomic E-state index is 0.185. The number of aromatic nitrogens is 2. The Morgan fingerprint density at radius 3 is 2.38 bits per heavy atom. The number of benzene rings is 3. The molecular formula is C38H35N3O5S2. The highest BCUT2D eigenvalue weighted by Gasteiger charge is 2.35. The maximum Gasteiger partial charge on any atom is 0.338 e. The molecule has 0 saturated carbocycles. The van der Waals surface area contributed by atoms with Crippen molar-refractivity contribution in [3.8, 4) is 5.69 Å². The van der Waals surface area contributed by atoms with Crippen LogP contribution in [0.2, 0.25) is 0 Å². The highest BCUT2D eigenvalue weighted by molar-refractivity contribution is 7.98. The Hall–Kier alpha value is -4.93. The maximum atomic E-state index is 14.4. The van der Waals surface area contributed by atoms with Crippen LogP contribution in [-0.4, -0.2) is 41.0 Å². The van der Waals surface area contributed by atoms with Gasteiger partial charge in [0.2, 0.25) is 0 Å². The van der Waals surface area contributed by atoms with E-state index in [-0.39, 0.29) is 12.2 Å². The third kappa shape index (κ3) is 5.86. The molecule has 3 heterocycles. The van der Waals surface area contributed by atoms with Gasteiger partial charge in [-0.25, -0.2) is 14.6 Å². The van der Waals surface area contributed by atoms with Crippen LogP contribution in [0.25, 0.3) is 17.5 Å². The monoisotopic (exact) mass is 677 g/mol. The van der Waals surface area contributed by atoms with E-state index in [2.05, 4.69) is 4.57 Å². The first-order valence-corrected chi connectivity index (χ1v) is 17.5. The van der Waals surface area contributed by atoms with Crippen LogP contribution < -0.4 is 14.9 Å². The average molecular weight is 678 g/mol. The quantitative estimate of drug-likeness (QED) is 0.144. The van der Waals surface area contributed by atoms with Gasteiger partial charge in [-0.1, -0.05) is 59.9 Å². The van der Waals surface area contributed by atoms with E-state index >= 15 is 0 Å². The molecule has 1 aliphatic heterocycles. The number of aryl methyl sites for hydroxylation is 1. The number of carbonyl (C=O) groups is 2. The summed E-state index contributed by atoms with van der Waals surface area (Å²) in [5.41, 5.74) is 6.95. The van der Waals surface area contributed by atoms with Crippen LogP contribution in [0, 0.1) is 20.8 Å². The molecule has 0 saturated heterocycles. The van der Waals surface area contributed by atoms with Gasteiger partial charge in [0.15, 0.2) is 4.80 Å². The molecule has 0 aliphatic carbocycles. The summed E-state index contributed by atoms with van der Waals surface area (Å²) in [6, 6.07) is 24.3. The van der Waals surface area contributed by atoms with Crippen LogP contribution in [0.3, 0.4) is 0 Å². The van der Waals surface area contributed by atoms with Crippen LogP contribution in [0.15, 0.2) is 99.1 Å². The molecule has 0 bridgehead atoms. The van der Waals surface area contributed by atoms with E-state index in [0.29, 0.717) is 26.2 Å². The summed E-state index contributed by atoms with van der Waals surface area (Å²) in [6.07, 6.45) is 3.88. The lowest BCUT2D eigenvalue weighted by Crippen LogP contribution is -2.40. The van der Waals surface area contributed by atoms with E-state index < -0.39 is 18.0 Å². The Morgan fingerprint density at radius 2 is 1.71 bits per heavy atom. The Morgan fingerprint density at radius 1 is 0.979 bits per heavy atom. The largest absolute Gasteiger partial charge is 0.465 e. The number of esters is 2. The summed E-state index contributed by atoms with van der Waals surface area (Å²) in [5, 5.41) is 0. The fraction of sp³-hybridized carbons (Fsp3) is 0.211. The second-order valence-electron chi connectivity index (χ2n) is 11.3.